The summed E-state index contributed by atoms with van der Waals surface area (Å²) in [7, 11) is 0. The van der Waals surface area contributed by atoms with Gasteiger partial charge >= 0.3 is 0 Å². The predicted molar refractivity (Wildman–Crippen MR) is 92.2 cm³/mol. The topological polar surface area (TPSA) is 17.8 Å². The molecule has 3 aromatic rings. The lowest BCUT2D eigenvalue weighted by Crippen LogP contribution is -2.08. The van der Waals surface area contributed by atoms with Crippen molar-refractivity contribution in [3.63, 3.8) is 0 Å². The third-order valence-electron chi connectivity index (χ3n) is 3.48. The van der Waals surface area contributed by atoms with E-state index in [1.54, 1.807) is 17.4 Å². The number of halogens is 3. The van der Waals surface area contributed by atoms with Crippen LogP contribution in [0.3, 0.4) is 0 Å². The number of benzene rings is 1. The second-order valence-electron chi connectivity index (χ2n) is 4.91. The van der Waals surface area contributed by atoms with Crippen LogP contribution in [-0.4, -0.2) is 9.55 Å². The molecule has 2 heterocycles. The lowest BCUT2D eigenvalue weighted by atomic mass is 10.2. The van der Waals surface area contributed by atoms with Crippen LogP contribution in [0.15, 0.2) is 24.3 Å². The maximum Gasteiger partial charge on any atom is 0.125 e. The van der Waals surface area contributed by atoms with Crippen molar-refractivity contribution in [3.05, 3.63) is 49.9 Å². The molecule has 1 unspecified atom stereocenters. The van der Waals surface area contributed by atoms with Gasteiger partial charge in [0, 0.05) is 9.75 Å². The second kappa shape index (κ2) is 5.81. The van der Waals surface area contributed by atoms with Gasteiger partial charge in [0.2, 0.25) is 0 Å². The Morgan fingerprint density at radius 2 is 1.95 bits per heavy atom. The van der Waals surface area contributed by atoms with Crippen molar-refractivity contribution in [3.8, 4) is 0 Å². The summed E-state index contributed by atoms with van der Waals surface area (Å²) < 4.78 is 2.13. The van der Waals surface area contributed by atoms with Crippen LogP contribution in [-0.2, 0) is 5.88 Å². The van der Waals surface area contributed by atoms with Crippen molar-refractivity contribution >= 4 is 57.2 Å². The number of thiophene rings is 1. The molecule has 2 aromatic heterocycles. The fourth-order valence-electron chi connectivity index (χ4n) is 2.47. The summed E-state index contributed by atoms with van der Waals surface area (Å²) in [5.74, 6) is 1.17. The summed E-state index contributed by atoms with van der Waals surface area (Å²) in [6.07, 6.45) is 0. The first-order chi connectivity index (χ1) is 10.0. The van der Waals surface area contributed by atoms with Gasteiger partial charge in [-0.15, -0.1) is 22.9 Å². The Labute approximate surface area is 142 Å². The van der Waals surface area contributed by atoms with E-state index >= 15 is 0 Å². The number of fused-ring (bicyclic) bond motifs is 1. The summed E-state index contributed by atoms with van der Waals surface area (Å²) in [6.45, 7) is 4.25. The van der Waals surface area contributed by atoms with E-state index < -0.39 is 0 Å². The molecule has 6 heteroatoms. The molecule has 0 saturated carbocycles. The van der Waals surface area contributed by atoms with Gasteiger partial charge in [-0.3, -0.25) is 0 Å². The van der Waals surface area contributed by atoms with Gasteiger partial charge in [0.1, 0.15) is 5.82 Å². The summed E-state index contributed by atoms with van der Waals surface area (Å²) >= 11 is 20.1. The lowest BCUT2D eigenvalue weighted by molar-refractivity contribution is 0.644. The van der Waals surface area contributed by atoms with E-state index in [2.05, 4.69) is 35.5 Å². The van der Waals surface area contributed by atoms with Crippen molar-refractivity contribution in [1.29, 1.82) is 0 Å². The third kappa shape index (κ3) is 2.68. The highest BCUT2D eigenvalue weighted by atomic mass is 35.5. The molecule has 21 heavy (non-hydrogen) atoms. The molecule has 0 N–H and O–H groups in total. The Bertz CT molecular complexity index is 807. The fourth-order valence-corrected chi connectivity index (χ4v) is 3.90. The van der Waals surface area contributed by atoms with Crippen LogP contribution in [0.4, 0.5) is 0 Å². The molecule has 3 rings (SSSR count). The first-order valence-electron chi connectivity index (χ1n) is 6.49. The Morgan fingerprint density at radius 3 is 2.57 bits per heavy atom. The van der Waals surface area contributed by atoms with E-state index in [4.69, 9.17) is 34.8 Å². The average Bonchev–Trinajstić information content (AvgIpc) is 3.02. The van der Waals surface area contributed by atoms with E-state index in [9.17, 15) is 0 Å². The van der Waals surface area contributed by atoms with Crippen molar-refractivity contribution in [2.24, 2.45) is 0 Å². The van der Waals surface area contributed by atoms with Crippen LogP contribution in [0, 0.1) is 6.92 Å². The van der Waals surface area contributed by atoms with Gasteiger partial charge < -0.3 is 4.57 Å². The Hall–Kier alpha value is -0.740. The summed E-state index contributed by atoms with van der Waals surface area (Å²) in [6, 6.07) is 8.07. The van der Waals surface area contributed by atoms with Gasteiger partial charge in [-0.25, -0.2) is 4.98 Å². The fraction of sp³-hybridized carbons (Fsp3) is 0.267. The van der Waals surface area contributed by atoms with E-state index in [0.29, 0.717) is 15.9 Å². The molecule has 0 bridgehead atoms. The van der Waals surface area contributed by atoms with E-state index in [1.165, 1.54) is 9.75 Å². The highest BCUT2D eigenvalue weighted by molar-refractivity contribution is 7.12. The molecule has 0 aliphatic heterocycles. The maximum atomic E-state index is 6.16. The number of aromatic nitrogens is 2. The zero-order valence-corrected chi connectivity index (χ0v) is 14.6. The predicted octanol–water partition coefficient (Wildman–Crippen LogP) is 6.06. The monoisotopic (exact) mass is 358 g/mol. The molecule has 0 aliphatic carbocycles. The number of nitrogens with zero attached hydrogens (tertiary/aromatic N) is 2. The standard InChI is InChI=1S/C15H13Cl3N2S/c1-8-3-4-14(21-8)9(2)20-13-6-11(18)10(17)5-12(13)19-15(20)7-16/h3-6,9H,7H2,1-2H3. The molecule has 1 aromatic carbocycles. The highest BCUT2D eigenvalue weighted by Crippen LogP contribution is 2.34. The van der Waals surface area contributed by atoms with E-state index in [-0.39, 0.29) is 6.04 Å². The Morgan fingerprint density at radius 1 is 1.24 bits per heavy atom. The molecule has 1 atom stereocenters. The summed E-state index contributed by atoms with van der Waals surface area (Å²) in [5.41, 5.74) is 1.78. The molecule has 2 nitrogen and oxygen atoms in total. The number of alkyl halides is 1. The second-order valence-corrected chi connectivity index (χ2v) is 7.31. The molecule has 0 aliphatic rings. The third-order valence-corrected chi connectivity index (χ3v) is 5.62. The number of hydrogen-bond acceptors (Lipinski definition) is 2. The molecule has 0 saturated heterocycles. The van der Waals surface area contributed by atoms with Crippen LogP contribution in [0.2, 0.25) is 10.0 Å². The number of rotatable bonds is 3. The summed E-state index contributed by atoms with van der Waals surface area (Å²) in [5, 5.41) is 1.04. The van der Waals surface area contributed by atoms with E-state index in [1.807, 2.05) is 6.07 Å². The smallest absolute Gasteiger partial charge is 0.125 e. The quantitative estimate of drug-likeness (QED) is 0.520. The van der Waals surface area contributed by atoms with Crippen molar-refractivity contribution in [2.45, 2.75) is 25.8 Å². The molecule has 0 spiro atoms. The molecule has 110 valence electrons. The van der Waals surface area contributed by atoms with E-state index in [0.717, 1.165) is 16.9 Å². The van der Waals surface area contributed by atoms with Gasteiger partial charge in [0.05, 0.1) is 33.0 Å². The minimum absolute atomic E-state index is 0.152. The van der Waals surface area contributed by atoms with Crippen LogP contribution in [0.25, 0.3) is 11.0 Å². The maximum absolute atomic E-state index is 6.16. The first kappa shape index (κ1) is 15.2. The van der Waals surface area contributed by atoms with Crippen molar-refractivity contribution in [2.75, 3.05) is 0 Å². The number of imidazole rings is 1. The summed E-state index contributed by atoms with van der Waals surface area (Å²) in [4.78, 5) is 7.13. The normalized spacial score (nSPS) is 13.0. The van der Waals surface area contributed by atoms with Crippen LogP contribution >= 0.6 is 46.1 Å². The largest absolute Gasteiger partial charge is 0.319 e. The number of hydrogen-bond donors (Lipinski definition) is 0. The van der Waals surface area contributed by atoms with Crippen LogP contribution in [0.5, 0.6) is 0 Å². The van der Waals surface area contributed by atoms with Crippen molar-refractivity contribution in [1.82, 2.24) is 9.55 Å². The van der Waals surface area contributed by atoms with Gasteiger partial charge in [0.15, 0.2) is 0 Å². The molecule has 0 fully saturated rings. The zero-order chi connectivity index (χ0) is 15.1. The molecular weight excluding hydrogens is 347 g/mol. The first-order valence-corrected chi connectivity index (χ1v) is 8.60. The SMILES string of the molecule is Cc1ccc(C(C)n2c(CCl)nc3cc(Cl)c(Cl)cc32)s1. The van der Waals surface area contributed by atoms with Crippen molar-refractivity contribution < 1.29 is 0 Å². The minimum Gasteiger partial charge on any atom is -0.319 e. The lowest BCUT2D eigenvalue weighted by Gasteiger charge is -2.15. The molecule has 0 amide bonds. The minimum atomic E-state index is 0.152. The van der Waals surface area contributed by atoms with Crippen LogP contribution < -0.4 is 0 Å². The molecule has 0 radical (unpaired) electrons. The Balaban J connectivity index is 2.22. The highest BCUT2D eigenvalue weighted by Gasteiger charge is 2.19. The van der Waals surface area contributed by atoms with Crippen LogP contribution in [0.1, 0.15) is 28.5 Å². The van der Waals surface area contributed by atoms with Gasteiger partial charge in [-0.05, 0) is 38.1 Å². The Kier molecular flexibility index (Phi) is 4.19. The number of aryl methyl sites for hydroxylation is 1. The zero-order valence-electron chi connectivity index (χ0n) is 11.5. The average molecular weight is 360 g/mol. The van der Waals surface area contributed by atoms with Gasteiger partial charge in [0.25, 0.3) is 0 Å². The molecular formula is C15H13Cl3N2S. The van der Waals surface area contributed by atoms with Gasteiger partial charge in [-0.2, -0.15) is 0 Å². The van der Waals surface area contributed by atoms with Gasteiger partial charge in [-0.1, -0.05) is 23.2 Å².